The van der Waals surface area contributed by atoms with Crippen LogP contribution in [0.3, 0.4) is 0 Å². The highest BCUT2D eigenvalue weighted by molar-refractivity contribution is 6.74. The molecular weight excluding hydrogens is 657 g/mol. The Morgan fingerprint density at radius 2 is 1.69 bits per heavy atom. The number of hydrogen-bond acceptors (Lipinski definition) is 6. The number of nitrogens with zero attached hydrogens (tertiary/aromatic N) is 5. The minimum absolute atomic E-state index is 0.0338. The summed E-state index contributed by atoms with van der Waals surface area (Å²) in [5.74, 6) is -0.254. The molecule has 5 rings (SSSR count). The third-order valence-electron chi connectivity index (χ3n) is 10.9. The minimum Gasteiger partial charge on any atom is -0.415 e. The van der Waals surface area contributed by atoms with E-state index in [2.05, 4.69) is 71.2 Å². The molecule has 0 aliphatic carbocycles. The van der Waals surface area contributed by atoms with E-state index in [0.29, 0.717) is 62.7 Å². The Morgan fingerprint density at radius 3 is 2.33 bits per heavy atom. The summed E-state index contributed by atoms with van der Waals surface area (Å²) in [7, 11) is -2.10. The summed E-state index contributed by atoms with van der Waals surface area (Å²) in [5, 5.41) is 7.80. The number of rotatable bonds is 13. The monoisotopic (exact) mass is 714 g/mol. The van der Waals surface area contributed by atoms with E-state index >= 15 is 4.79 Å². The van der Waals surface area contributed by atoms with Gasteiger partial charge in [-0.05, 0) is 79.7 Å². The Morgan fingerprint density at radius 1 is 1.00 bits per heavy atom. The lowest BCUT2D eigenvalue weighted by Gasteiger charge is -2.41. The van der Waals surface area contributed by atoms with Gasteiger partial charge in [0.25, 0.3) is 11.8 Å². The molecule has 3 heterocycles. The van der Waals surface area contributed by atoms with Crippen LogP contribution >= 0.6 is 0 Å². The van der Waals surface area contributed by atoms with Crippen molar-refractivity contribution in [2.24, 2.45) is 0 Å². The number of piperazine rings is 1. The summed E-state index contributed by atoms with van der Waals surface area (Å²) in [6.45, 7) is 21.1. The van der Waals surface area contributed by atoms with Gasteiger partial charge in [0.1, 0.15) is 0 Å². The number of unbranched alkanes of at least 4 members (excludes halogenated alkanes) is 2. The second kappa shape index (κ2) is 16.2. The third kappa shape index (κ3) is 8.75. The van der Waals surface area contributed by atoms with E-state index in [1.165, 1.54) is 5.56 Å². The summed E-state index contributed by atoms with van der Waals surface area (Å²) in [4.78, 5) is 47.2. The maximum Gasteiger partial charge on any atom is 0.274 e. The van der Waals surface area contributed by atoms with Crippen LogP contribution in [0.4, 0.5) is 5.69 Å². The molecule has 0 spiro atoms. The number of amides is 3. The molecule has 2 aromatic carbocycles. The van der Waals surface area contributed by atoms with Crippen LogP contribution in [-0.4, -0.2) is 91.0 Å². The Kier molecular flexibility index (Phi) is 12.1. The summed E-state index contributed by atoms with van der Waals surface area (Å²) in [5.41, 5.74) is 5.40. The van der Waals surface area contributed by atoms with Crippen LogP contribution in [0.15, 0.2) is 48.5 Å². The van der Waals surface area contributed by atoms with Gasteiger partial charge in [0.05, 0.1) is 30.4 Å². The van der Waals surface area contributed by atoms with Gasteiger partial charge in [0.2, 0.25) is 5.91 Å². The highest BCUT2D eigenvalue weighted by atomic mass is 28.4. The second-order valence-corrected chi connectivity index (χ2v) is 20.5. The van der Waals surface area contributed by atoms with Gasteiger partial charge in [-0.1, -0.05) is 71.7 Å². The topological polar surface area (TPSA) is 100 Å². The lowest BCUT2D eigenvalue weighted by atomic mass is 9.93. The number of fused-ring (bicyclic) bond motifs is 1. The van der Waals surface area contributed by atoms with Crippen molar-refractivity contribution in [3.05, 3.63) is 76.6 Å². The molecule has 10 nitrogen and oxygen atoms in total. The number of aryl methyl sites for hydroxylation is 1. The van der Waals surface area contributed by atoms with Crippen molar-refractivity contribution >= 4 is 31.7 Å². The number of aromatic nitrogens is 2. The zero-order chi connectivity index (χ0) is 36.9. The first-order valence-corrected chi connectivity index (χ1v) is 21.7. The molecule has 0 bridgehead atoms. The maximum atomic E-state index is 15.1. The highest BCUT2D eigenvalue weighted by Crippen LogP contribution is 2.37. The van der Waals surface area contributed by atoms with Crippen LogP contribution in [0.25, 0.3) is 5.69 Å². The Labute approximate surface area is 305 Å². The molecule has 1 saturated heterocycles. The van der Waals surface area contributed by atoms with Crippen molar-refractivity contribution in [3.63, 3.8) is 0 Å². The molecule has 2 aliphatic rings. The van der Waals surface area contributed by atoms with E-state index in [1.54, 1.807) is 4.68 Å². The van der Waals surface area contributed by atoms with E-state index in [1.807, 2.05) is 52.0 Å². The van der Waals surface area contributed by atoms with Gasteiger partial charge in [0, 0.05) is 44.1 Å². The molecule has 51 heavy (non-hydrogen) atoms. The molecular formula is C40H58N6O4Si. The van der Waals surface area contributed by atoms with Crippen LogP contribution in [0.5, 0.6) is 0 Å². The van der Waals surface area contributed by atoms with Crippen LogP contribution in [-0.2, 0) is 22.2 Å². The van der Waals surface area contributed by atoms with Crippen molar-refractivity contribution < 1.29 is 18.8 Å². The Bertz CT molecular complexity index is 1700. The fraction of sp³-hybridized carbons (Fsp3) is 0.550. The lowest BCUT2D eigenvalue weighted by molar-refractivity contribution is -0.120. The zero-order valence-electron chi connectivity index (χ0n) is 32.1. The van der Waals surface area contributed by atoms with E-state index < -0.39 is 8.32 Å². The average molecular weight is 715 g/mol. The Balaban J connectivity index is 1.56. The van der Waals surface area contributed by atoms with Crippen molar-refractivity contribution in [3.8, 4) is 5.69 Å². The van der Waals surface area contributed by atoms with Crippen molar-refractivity contribution in [1.29, 1.82) is 0 Å². The van der Waals surface area contributed by atoms with E-state index in [0.717, 1.165) is 42.6 Å². The maximum absolute atomic E-state index is 15.1. The van der Waals surface area contributed by atoms with Crippen LogP contribution in [0, 0.1) is 6.92 Å². The first kappa shape index (κ1) is 38.3. The van der Waals surface area contributed by atoms with Crippen LogP contribution < -0.4 is 10.2 Å². The highest BCUT2D eigenvalue weighted by Gasteiger charge is 2.40. The predicted molar refractivity (Wildman–Crippen MR) is 206 cm³/mol. The Hall–Kier alpha value is -3.96. The van der Waals surface area contributed by atoms with Gasteiger partial charge in [-0.15, -0.1) is 0 Å². The fourth-order valence-corrected chi connectivity index (χ4v) is 7.63. The number of anilines is 1. The molecule has 1 atom stereocenters. The summed E-state index contributed by atoms with van der Waals surface area (Å²) >= 11 is 0. The molecule has 1 fully saturated rings. The number of benzene rings is 2. The molecule has 2 aliphatic heterocycles. The smallest absolute Gasteiger partial charge is 0.274 e. The van der Waals surface area contributed by atoms with Gasteiger partial charge in [-0.3, -0.25) is 14.4 Å². The quantitative estimate of drug-likeness (QED) is 0.197. The first-order chi connectivity index (χ1) is 24.2. The summed E-state index contributed by atoms with van der Waals surface area (Å²) in [6, 6.07) is 15.8. The van der Waals surface area contributed by atoms with E-state index in [9.17, 15) is 9.59 Å². The number of hydrogen-bond donors (Lipinski definition) is 1. The summed E-state index contributed by atoms with van der Waals surface area (Å²) in [6.07, 6.45) is 4.57. The zero-order valence-corrected chi connectivity index (χ0v) is 33.1. The molecule has 276 valence electrons. The van der Waals surface area contributed by atoms with Crippen LogP contribution in [0.2, 0.25) is 18.1 Å². The molecule has 0 radical (unpaired) electrons. The molecule has 1 unspecified atom stereocenters. The van der Waals surface area contributed by atoms with Gasteiger partial charge in [-0.25, -0.2) is 4.68 Å². The van der Waals surface area contributed by atoms with E-state index in [-0.39, 0.29) is 35.3 Å². The van der Waals surface area contributed by atoms with Gasteiger partial charge in [-0.2, -0.15) is 5.10 Å². The first-order valence-electron chi connectivity index (χ1n) is 18.8. The molecule has 11 heteroatoms. The fourth-order valence-electron chi connectivity index (χ4n) is 6.58. The normalized spacial score (nSPS) is 16.5. The van der Waals surface area contributed by atoms with Gasteiger partial charge < -0.3 is 24.4 Å². The predicted octanol–water partition coefficient (Wildman–Crippen LogP) is 6.75. The minimum atomic E-state index is -2.10. The molecule has 0 saturated carbocycles. The number of nitrogens with one attached hydrogen (secondary N) is 1. The third-order valence-corrected chi connectivity index (χ3v) is 15.4. The average Bonchev–Trinajstić information content (AvgIpc) is 3.50. The van der Waals surface area contributed by atoms with Crippen LogP contribution in [0.1, 0.15) is 98.0 Å². The molecule has 3 aromatic rings. The molecule has 1 aromatic heterocycles. The number of carbonyl (C=O) groups excluding carboxylic acids is 3. The molecule has 3 amide bonds. The van der Waals surface area contributed by atoms with Crippen molar-refractivity contribution in [2.45, 2.75) is 104 Å². The summed E-state index contributed by atoms with van der Waals surface area (Å²) < 4.78 is 8.51. The second-order valence-electron chi connectivity index (χ2n) is 15.7. The van der Waals surface area contributed by atoms with Gasteiger partial charge >= 0.3 is 0 Å². The van der Waals surface area contributed by atoms with Gasteiger partial charge in [0.15, 0.2) is 14.0 Å². The molecule has 1 N–H and O–H groups in total. The standard InChI is InChI=1S/C40H58N6O4Si/c1-9-11-20-43(21-12-10-2)39(49)35-23-29(3)46(42-35)36-18-17-32(44-22-19-41-37(47)27-44)25-34(36)38(48)45-26-31-16-14-13-15-30(31)24-33(45)28-50-51(7,8)40(4,5)6/h13-18,23,25,33H,9-12,19-22,24,26-28H2,1-8H3,(H,41,47). The SMILES string of the molecule is CCCCN(CCCC)C(=O)c1cc(C)n(-c2ccc(N3CCNC(=O)C3)cc2C(=O)N2Cc3ccccc3CC2CO[Si](C)(C)C(C)(C)C)n1. The largest absolute Gasteiger partial charge is 0.415 e. The van der Waals surface area contributed by atoms with E-state index in [4.69, 9.17) is 9.52 Å². The number of carbonyl (C=O) groups is 3. The van der Waals surface area contributed by atoms with Crippen molar-refractivity contribution in [2.75, 3.05) is 44.2 Å². The lowest BCUT2D eigenvalue weighted by Crippen LogP contribution is -2.50. The van der Waals surface area contributed by atoms with Crippen molar-refractivity contribution in [1.82, 2.24) is 24.9 Å².